The summed E-state index contributed by atoms with van der Waals surface area (Å²) in [5, 5.41) is 6.06. The van der Waals surface area contributed by atoms with E-state index >= 15 is 0 Å². The van der Waals surface area contributed by atoms with Crippen molar-refractivity contribution in [3.63, 3.8) is 0 Å². The highest BCUT2D eigenvalue weighted by atomic mass is 35.5. The van der Waals surface area contributed by atoms with Gasteiger partial charge in [-0.3, -0.25) is 14.6 Å². The average molecular weight is 395 g/mol. The van der Waals surface area contributed by atoms with Crippen LogP contribution in [0, 0.1) is 0 Å². The molecule has 0 radical (unpaired) electrons. The van der Waals surface area contributed by atoms with E-state index in [-0.39, 0.29) is 5.91 Å². The van der Waals surface area contributed by atoms with Gasteiger partial charge < -0.3 is 10.1 Å². The van der Waals surface area contributed by atoms with Crippen LogP contribution in [0.15, 0.2) is 29.6 Å². The number of ether oxygens (including phenoxy) is 1. The van der Waals surface area contributed by atoms with Crippen molar-refractivity contribution in [1.82, 2.24) is 14.8 Å². The third-order valence-electron chi connectivity index (χ3n) is 4.19. The molecule has 0 atom stereocenters. The summed E-state index contributed by atoms with van der Waals surface area (Å²) < 4.78 is 5.77. The Labute approximate surface area is 162 Å². The van der Waals surface area contributed by atoms with Crippen molar-refractivity contribution in [3.05, 3.63) is 40.4 Å². The number of aromatic nitrogens is 1. The molecule has 140 valence electrons. The fourth-order valence-electron chi connectivity index (χ4n) is 2.83. The summed E-state index contributed by atoms with van der Waals surface area (Å²) in [6.07, 6.45) is 0. The molecular formula is C18H23ClN4O2S. The zero-order valence-electron chi connectivity index (χ0n) is 14.8. The molecule has 0 bridgehead atoms. The maximum Gasteiger partial charge on any atom is 0.223 e. The van der Waals surface area contributed by atoms with E-state index in [1.165, 1.54) is 18.3 Å². The lowest BCUT2D eigenvalue weighted by atomic mass is 10.3. The van der Waals surface area contributed by atoms with Gasteiger partial charge in [0.25, 0.3) is 0 Å². The molecular weight excluding hydrogens is 372 g/mol. The number of rotatable bonds is 7. The molecule has 1 aliphatic heterocycles. The van der Waals surface area contributed by atoms with E-state index in [0.717, 1.165) is 50.7 Å². The first-order valence-corrected chi connectivity index (χ1v) is 9.90. The van der Waals surface area contributed by atoms with Crippen molar-refractivity contribution < 1.29 is 9.53 Å². The summed E-state index contributed by atoms with van der Waals surface area (Å²) >= 11 is 7.57. The number of carbonyl (C=O) groups is 1. The van der Waals surface area contributed by atoms with Gasteiger partial charge in [-0.05, 0) is 12.1 Å². The largest absolute Gasteiger partial charge is 0.491 e. The summed E-state index contributed by atoms with van der Waals surface area (Å²) in [7, 11) is 0. The molecule has 1 aliphatic rings. The van der Waals surface area contributed by atoms with Crippen LogP contribution < -0.4 is 10.1 Å². The molecule has 1 N–H and O–H groups in total. The fourth-order valence-corrected chi connectivity index (χ4v) is 3.77. The van der Waals surface area contributed by atoms with Gasteiger partial charge in [0.05, 0.1) is 10.7 Å². The predicted octanol–water partition coefficient (Wildman–Crippen LogP) is 2.95. The van der Waals surface area contributed by atoms with Crippen molar-refractivity contribution in [3.8, 4) is 5.75 Å². The van der Waals surface area contributed by atoms with E-state index in [1.807, 2.05) is 29.6 Å². The minimum absolute atomic E-state index is 0.0847. The monoisotopic (exact) mass is 394 g/mol. The van der Waals surface area contributed by atoms with Gasteiger partial charge in [-0.2, -0.15) is 0 Å². The first kappa shape index (κ1) is 19.1. The van der Waals surface area contributed by atoms with Gasteiger partial charge in [-0.1, -0.05) is 23.7 Å². The van der Waals surface area contributed by atoms with Gasteiger partial charge in [-0.25, -0.2) is 4.98 Å². The molecule has 8 heteroatoms. The molecule has 0 spiro atoms. The normalized spacial score (nSPS) is 15.8. The number of thiazole rings is 1. The highest BCUT2D eigenvalue weighted by molar-refractivity contribution is 7.13. The smallest absolute Gasteiger partial charge is 0.223 e. The standard InChI is InChI=1S/C18H23ClN4O2S/c1-14(24)20-18-21-15(13-26-18)12-23-8-6-22(7-9-23)10-11-25-17-5-3-2-4-16(17)19/h2-5,13H,6-12H2,1H3,(H,20,21,24). The zero-order chi connectivity index (χ0) is 18.4. The van der Waals surface area contributed by atoms with Crippen LogP contribution in [0.25, 0.3) is 0 Å². The fraction of sp³-hybridized carbons (Fsp3) is 0.444. The van der Waals surface area contributed by atoms with Gasteiger partial charge in [-0.15, -0.1) is 11.3 Å². The third kappa shape index (κ3) is 5.67. The lowest BCUT2D eigenvalue weighted by molar-refractivity contribution is -0.114. The van der Waals surface area contributed by atoms with Crippen molar-refractivity contribution in [1.29, 1.82) is 0 Å². The van der Waals surface area contributed by atoms with Crippen LogP contribution >= 0.6 is 22.9 Å². The number of hydrogen-bond donors (Lipinski definition) is 1. The number of benzene rings is 1. The van der Waals surface area contributed by atoms with Crippen LogP contribution in [-0.2, 0) is 11.3 Å². The van der Waals surface area contributed by atoms with Crippen molar-refractivity contribution in [2.45, 2.75) is 13.5 Å². The van der Waals surface area contributed by atoms with Crippen LogP contribution in [-0.4, -0.2) is 60.0 Å². The maximum absolute atomic E-state index is 11.1. The van der Waals surface area contributed by atoms with Gasteiger partial charge in [0.15, 0.2) is 5.13 Å². The van der Waals surface area contributed by atoms with E-state index in [2.05, 4.69) is 20.1 Å². The van der Waals surface area contributed by atoms with Gasteiger partial charge >= 0.3 is 0 Å². The first-order valence-electron chi connectivity index (χ1n) is 8.64. The number of nitrogens with zero attached hydrogens (tertiary/aromatic N) is 3. The number of amides is 1. The molecule has 1 saturated heterocycles. The van der Waals surface area contributed by atoms with Crippen LogP contribution in [0.2, 0.25) is 5.02 Å². The molecule has 3 rings (SSSR count). The van der Waals surface area contributed by atoms with E-state index in [1.54, 1.807) is 0 Å². The van der Waals surface area contributed by atoms with Crippen molar-refractivity contribution in [2.75, 3.05) is 44.6 Å². The highest BCUT2D eigenvalue weighted by Gasteiger charge is 2.18. The van der Waals surface area contributed by atoms with E-state index < -0.39 is 0 Å². The molecule has 1 aromatic carbocycles. The number of nitrogens with one attached hydrogen (secondary N) is 1. The minimum Gasteiger partial charge on any atom is -0.491 e. The number of carbonyl (C=O) groups excluding carboxylic acids is 1. The number of halogens is 1. The highest BCUT2D eigenvalue weighted by Crippen LogP contribution is 2.23. The van der Waals surface area contributed by atoms with Crippen LogP contribution in [0.4, 0.5) is 5.13 Å². The van der Waals surface area contributed by atoms with E-state index in [0.29, 0.717) is 16.8 Å². The molecule has 2 aromatic rings. The summed E-state index contributed by atoms with van der Waals surface area (Å²) in [6, 6.07) is 7.56. The molecule has 2 heterocycles. The molecule has 0 aliphatic carbocycles. The Hall–Kier alpha value is -1.67. The second kappa shape index (κ2) is 9.32. The number of hydrogen-bond acceptors (Lipinski definition) is 6. The number of piperazine rings is 1. The van der Waals surface area contributed by atoms with Gasteiger partial charge in [0, 0.05) is 51.6 Å². The topological polar surface area (TPSA) is 57.7 Å². The van der Waals surface area contributed by atoms with Gasteiger partial charge in [0.2, 0.25) is 5.91 Å². The molecule has 1 aromatic heterocycles. The second-order valence-corrected chi connectivity index (χ2v) is 7.49. The minimum atomic E-state index is -0.0847. The summed E-state index contributed by atoms with van der Waals surface area (Å²) in [4.78, 5) is 20.3. The lowest BCUT2D eigenvalue weighted by Crippen LogP contribution is -2.47. The van der Waals surface area contributed by atoms with Crippen molar-refractivity contribution >= 4 is 34.0 Å². The SMILES string of the molecule is CC(=O)Nc1nc(CN2CCN(CCOc3ccccc3Cl)CC2)cs1. The van der Waals surface area contributed by atoms with Gasteiger partial charge in [0.1, 0.15) is 12.4 Å². The Morgan fingerprint density at radius 2 is 2.00 bits per heavy atom. The quantitative estimate of drug-likeness (QED) is 0.782. The summed E-state index contributed by atoms with van der Waals surface area (Å²) in [5.41, 5.74) is 1.01. The number of para-hydroxylation sites is 1. The Balaban J connectivity index is 1.37. The average Bonchev–Trinajstić information content (AvgIpc) is 3.04. The number of anilines is 1. The lowest BCUT2D eigenvalue weighted by Gasteiger charge is -2.34. The molecule has 1 fully saturated rings. The summed E-state index contributed by atoms with van der Waals surface area (Å²) in [5.74, 6) is 0.657. The third-order valence-corrected chi connectivity index (χ3v) is 5.31. The second-order valence-electron chi connectivity index (χ2n) is 6.22. The predicted molar refractivity (Wildman–Crippen MR) is 105 cm³/mol. The van der Waals surface area contributed by atoms with Crippen LogP contribution in [0.3, 0.4) is 0 Å². The zero-order valence-corrected chi connectivity index (χ0v) is 16.4. The maximum atomic E-state index is 11.1. The van der Waals surface area contributed by atoms with Crippen LogP contribution in [0.1, 0.15) is 12.6 Å². The molecule has 1 amide bonds. The molecule has 0 unspecified atom stereocenters. The van der Waals surface area contributed by atoms with E-state index in [9.17, 15) is 4.79 Å². The Kier molecular flexibility index (Phi) is 6.85. The van der Waals surface area contributed by atoms with Crippen LogP contribution in [0.5, 0.6) is 5.75 Å². The first-order chi connectivity index (χ1) is 12.6. The molecule has 0 saturated carbocycles. The van der Waals surface area contributed by atoms with Crippen molar-refractivity contribution in [2.24, 2.45) is 0 Å². The Morgan fingerprint density at radius 1 is 1.27 bits per heavy atom. The summed E-state index contributed by atoms with van der Waals surface area (Å²) in [6.45, 7) is 7.86. The van der Waals surface area contributed by atoms with E-state index in [4.69, 9.17) is 16.3 Å². The Bertz CT molecular complexity index is 731. The molecule has 26 heavy (non-hydrogen) atoms. The Morgan fingerprint density at radius 3 is 2.73 bits per heavy atom. The molecule has 6 nitrogen and oxygen atoms in total.